The van der Waals surface area contributed by atoms with Crippen LogP contribution >= 0.6 is 11.3 Å². The summed E-state index contributed by atoms with van der Waals surface area (Å²) in [5.41, 5.74) is 1.32. The van der Waals surface area contributed by atoms with E-state index in [2.05, 4.69) is 53.6 Å². The van der Waals surface area contributed by atoms with Gasteiger partial charge in [0, 0.05) is 49.9 Å². The molecule has 2 rings (SSSR count). The van der Waals surface area contributed by atoms with Crippen LogP contribution in [0.15, 0.2) is 10.4 Å². The Morgan fingerprint density at radius 3 is 2.73 bits per heavy atom. The van der Waals surface area contributed by atoms with Gasteiger partial charge in [-0.1, -0.05) is 27.2 Å². The van der Waals surface area contributed by atoms with E-state index in [1.807, 2.05) is 7.05 Å². The van der Waals surface area contributed by atoms with Gasteiger partial charge in [-0.15, -0.1) is 11.3 Å². The normalized spacial score (nSPS) is 19.6. The van der Waals surface area contributed by atoms with Gasteiger partial charge in [0.2, 0.25) is 0 Å². The van der Waals surface area contributed by atoms with Crippen LogP contribution in [0.2, 0.25) is 0 Å². The summed E-state index contributed by atoms with van der Waals surface area (Å²) >= 11 is 1.76. The minimum absolute atomic E-state index is 0.131. The molecule has 1 aromatic heterocycles. The Labute approximate surface area is 163 Å². The third-order valence-corrected chi connectivity index (χ3v) is 5.94. The van der Waals surface area contributed by atoms with Crippen LogP contribution < -0.4 is 10.6 Å². The van der Waals surface area contributed by atoms with Crippen LogP contribution in [0.25, 0.3) is 0 Å². The molecule has 2 N–H and O–H groups in total. The highest BCUT2D eigenvalue weighted by Crippen LogP contribution is 2.23. The van der Waals surface area contributed by atoms with E-state index in [1.165, 1.54) is 43.1 Å². The first kappa shape index (κ1) is 21.2. The summed E-state index contributed by atoms with van der Waals surface area (Å²) in [6.07, 6.45) is 6.20. The number of nitrogens with zero attached hydrogens (tertiary/aromatic N) is 3. The summed E-state index contributed by atoms with van der Waals surface area (Å²) in [7, 11) is 1.84. The molecule has 26 heavy (non-hydrogen) atoms. The molecule has 0 aromatic carbocycles. The van der Waals surface area contributed by atoms with Crippen LogP contribution in [-0.4, -0.2) is 55.1 Å². The van der Waals surface area contributed by atoms with Gasteiger partial charge < -0.3 is 15.5 Å². The monoisotopic (exact) mass is 379 g/mol. The lowest BCUT2D eigenvalue weighted by atomic mass is 9.93. The highest BCUT2D eigenvalue weighted by atomic mass is 32.1. The zero-order valence-corrected chi connectivity index (χ0v) is 18.1. The molecule has 1 aliphatic heterocycles. The molecule has 1 saturated heterocycles. The second-order valence-corrected chi connectivity index (χ2v) is 9.23. The zero-order chi connectivity index (χ0) is 19.0. The van der Waals surface area contributed by atoms with E-state index in [4.69, 9.17) is 4.98 Å². The average molecular weight is 380 g/mol. The van der Waals surface area contributed by atoms with E-state index in [0.717, 1.165) is 37.9 Å². The number of hydrogen-bond acceptors (Lipinski definition) is 4. The molecule has 1 unspecified atom stereocenters. The Balaban J connectivity index is 1.62. The number of likely N-dealkylation sites (tertiary alicyclic amines) is 1. The summed E-state index contributed by atoms with van der Waals surface area (Å²) in [5.74, 6) is 0.893. The van der Waals surface area contributed by atoms with Crippen molar-refractivity contribution in [1.82, 2.24) is 20.5 Å². The van der Waals surface area contributed by atoms with Crippen molar-refractivity contribution in [2.24, 2.45) is 4.99 Å². The summed E-state index contributed by atoms with van der Waals surface area (Å²) < 4.78 is 0. The second kappa shape index (κ2) is 10.3. The van der Waals surface area contributed by atoms with E-state index in [0.29, 0.717) is 0 Å². The molecule has 5 nitrogen and oxygen atoms in total. The van der Waals surface area contributed by atoms with E-state index in [-0.39, 0.29) is 5.41 Å². The summed E-state index contributed by atoms with van der Waals surface area (Å²) in [5, 5.41) is 10.2. The fraction of sp³-hybridized carbons (Fsp3) is 0.800. The van der Waals surface area contributed by atoms with Crippen molar-refractivity contribution in [3.05, 3.63) is 16.1 Å². The first-order valence-corrected chi connectivity index (χ1v) is 10.9. The Kier molecular flexibility index (Phi) is 8.35. The van der Waals surface area contributed by atoms with Crippen LogP contribution in [0.5, 0.6) is 0 Å². The van der Waals surface area contributed by atoms with Crippen molar-refractivity contribution in [2.45, 2.75) is 71.3 Å². The molecular formula is C20H37N5S. The molecule has 2 heterocycles. The minimum atomic E-state index is 0.131. The molecule has 148 valence electrons. The minimum Gasteiger partial charge on any atom is -0.356 e. The third-order valence-electron chi connectivity index (χ3n) is 5.03. The molecule has 1 atom stereocenters. The van der Waals surface area contributed by atoms with Gasteiger partial charge in [-0.25, -0.2) is 4.98 Å². The molecular weight excluding hydrogens is 342 g/mol. The van der Waals surface area contributed by atoms with Crippen LogP contribution in [0.1, 0.15) is 64.1 Å². The lowest BCUT2D eigenvalue weighted by Gasteiger charge is -2.33. The Bertz CT molecular complexity index is 561. The van der Waals surface area contributed by atoms with Crippen LogP contribution in [0, 0.1) is 0 Å². The lowest BCUT2D eigenvalue weighted by Crippen LogP contribution is -2.41. The quantitative estimate of drug-likeness (QED) is 0.433. The van der Waals surface area contributed by atoms with Crippen molar-refractivity contribution in [3.63, 3.8) is 0 Å². The summed E-state index contributed by atoms with van der Waals surface area (Å²) in [6.45, 7) is 13.3. The number of aliphatic imine (C=N–C) groups is 1. The van der Waals surface area contributed by atoms with Gasteiger partial charge in [-0.3, -0.25) is 4.99 Å². The molecule has 1 aliphatic rings. The van der Waals surface area contributed by atoms with Crippen LogP contribution in [0.4, 0.5) is 0 Å². The summed E-state index contributed by atoms with van der Waals surface area (Å²) in [4.78, 5) is 11.7. The largest absolute Gasteiger partial charge is 0.356 e. The van der Waals surface area contributed by atoms with E-state index in [1.54, 1.807) is 11.3 Å². The van der Waals surface area contributed by atoms with Crippen molar-refractivity contribution in [1.29, 1.82) is 0 Å². The molecule has 0 aliphatic carbocycles. The average Bonchev–Trinajstić information content (AvgIpc) is 3.07. The number of hydrogen-bond donors (Lipinski definition) is 2. The topological polar surface area (TPSA) is 52.6 Å². The molecule has 0 amide bonds. The SMILES string of the molecule is CN=C(NCCCN1CCCCC1C)NCCc1nc(C(C)(C)C)cs1. The van der Waals surface area contributed by atoms with Crippen molar-refractivity contribution in [3.8, 4) is 0 Å². The second-order valence-electron chi connectivity index (χ2n) is 8.29. The van der Waals surface area contributed by atoms with Crippen LogP contribution in [-0.2, 0) is 11.8 Å². The lowest BCUT2D eigenvalue weighted by molar-refractivity contribution is 0.159. The van der Waals surface area contributed by atoms with Gasteiger partial charge >= 0.3 is 0 Å². The number of nitrogens with one attached hydrogen (secondary N) is 2. The standard InChI is InChI=1S/C20H37N5S/c1-16-9-6-7-13-25(16)14-8-11-22-19(21-5)23-12-10-18-24-17(15-26-18)20(2,3)4/h15-16H,6-14H2,1-5H3,(H2,21,22,23). The predicted molar refractivity (Wildman–Crippen MR) is 113 cm³/mol. The zero-order valence-electron chi connectivity index (χ0n) is 17.3. The maximum absolute atomic E-state index is 4.75. The van der Waals surface area contributed by atoms with Crippen molar-refractivity contribution >= 4 is 17.3 Å². The van der Waals surface area contributed by atoms with E-state index < -0.39 is 0 Å². The van der Waals surface area contributed by atoms with E-state index >= 15 is 0 Å². The van der Waals surface area contributed by atoms with Gasteiger partial charge in [0.25, 0.3) is 0 Å². The molecule has 0 spiro atoms. The van der Waals surface area contributed by atoms with E-state index in [9.17, 15) is 0 Å². The Morgan fingerprint density at radius 1 is 1.31 bits per heavy atom. The molecule has 1 fully saturated rings. The molecule has 0 saturated carbocycles. The molecule has 1 aromatic rings. The van der Waals surface area contributed by atoms with Gasteiger partial charge in [0.05, 0.1) is 10.7 Å². The van der Waals surface area contributed by atoms with Crippen molar-refractivity contribution in [2.75, 3.05) is 33.2 Å². The molecule has 0 bridgehead atoms. The fourth-order valence-corrected chi connectivity index (χ4v) is 4.28. The van der Waals surface area contributed by atoms with Gasteiger partial charge in [0.1, 0.15) is 0 Å². The predicted octanol–water partition coefficient (Wildman–Crippen LogP) is 3.41. The first-order chi connectivity index (χ1) is 12.4. The highest BCUT2D eigenvalue weighted by molar-refractivity contribution is 7.09. The first-order valence-electron chi connectivity index (χ1n) is 10.0. The smallest absolute Gasteiger partial charge is 0.190 e. The highest BCUT2D eigenvalue weighted by Gasteiger charge is 2.18. The number of rotatable bonds is 7. The number of thiazole rings is 1. The molecule has 6 heteroatoms. The van der Waals surface area contributed by atoms with Gasteiger partial charge in [-0.05, 0) is 32.7 Å². The maximum atomic E-state index is 4.75. The van der Waals surface area contributed by atoms with Gasteiger partial charge in [-0.2, -0.15) is 0 Å². The van der Waals surface area contributed by atoms with Crippen molar-refractivity contribution < 1.29 is 0 Å². The fourth-order valence-electron chi connectivity index (χ4n) is 3.26. The number of aromatic nitrogens is 1. The summed E-state index contributed by atoms with van der Waals surface area (Å²) in [6, 6.07) is 0.748. The van der Waals surface area contributed by atoms with Gasteiger partial charge in [0.15, 0.2) is 5.96 Å². The Hall–Kier alpha value is -1.14. The number of guanidine groups is 1. The number of piperidine rings is 1. The van der Waals surface area contributed by atoms with Crippen LogP contribution in [0.3, 0.4) is 0 Å². The maximum Gasteiger partial charge on any atom is 0.190 e. The third kappa shape index (κ3) is 6.88. The molecule has 0 radical (unpaired) electrons. The Morgan fingerprint density at radius 2 is 2.08 bits per heavy atom.